The third-order valence-corrected chi connectivity index (χ3v) is 3.39. The second-order valence-corrected chi connectivity index (χ2v) is 4.92. The van der Waals surface area contributed by atoms with E-state index in [9.17, 15) is 19.7 Å². The van der Waals surface area contributed by atoms with Crippen LogP contribution in [0, 0.1) is 10.1 Å². The van der Waals surface area contributed by atoms with Crippen LogP contribution in [-0.2, 0) is 0 Å². The van der Waals surface area contributed by atoms with E-state index < -0.39 is 16.1 Å². The molecule has 2 aromatic rings. The lowest BCUT2D eigenvalue weighted by molar-refractivity contribution is -0.384. The number of amides is 1. The van der Waals surface area contributed by atoms with E-state index in [0.717, 1.165) is 6.07 Å². The number of nitro benzene ring substituents is 1. The number of hydrogen-bond donors (Lipinski definition) is 1. The van der Waals surface area contributed by atoms with Gasteiger partial charge in [-0.2, -0.15) is 0 Å². The van der Waals surface area contributed by atoms with Crippen molar-refractivity contribution in [2.45, 2.75) is 0 Å². The van der Waals surface area contributed by atoms with Crippen molar-refractivity contribution in [2.24, 2.45) is 0 Å². The highest BCUT2D eigenvalue weighted by atomic mass is 35.5. The number of carbonyl (C=O) groups is 2. The summed E-state index contributed by atoms with van der Waals surface area (Å²) in [4.78, 5) is 33.4. The monoisotopic (exact) mass is 338 g/mol. The van der Waals surface area contributed by atoms with Crippen molar-refractivity contribution in [1.29, 1.82) is 0 Å². The number of hydrogen-bond acceptors (Lipinski definition) is 4. The van der Waals surface area contributed by atoms with Crippen LogP contribution in [0.4, 0.5) is 11.4 Å². The number of halogens is 2. The normalized spacial score (nSPS) is 10.1. The lowest BCUT2D eigenvalue weighted by Gasteiger charge is -2.09. The number of rotatable bonds is 4. The number of nitrogens with one attached hydrogen (secondary N) is 1. The van der Waals surface area contributed by atoms with Gasteiger partial charge in [0.2, 0.25) is 0 Å². The summed E-state index contributed by atoms with van der Waals surface area (Å²) in [5, 5.41) is 12.4. The van der Waals surface area contributed by atoms with Gasteiger partial charge in [0.05, 0.1) is 21.2 Å². The van der Waals surface area contributed by atoms with Crippen LogP contribution in [0.15, 0.2) is 42.5 Å². The lowest BCUT2D eigenvalue weighted by Crippen LogP contribution is -2.13. The molecule has 0 fully saturated rings. The number of nitro groups is 1. The highest BCUT2D eigenvalue weighted by Gasteiger charge is 2.15. The first-order valence-corrected chi connectivity index (χ1v) is 6.70. The Hall–Kier alpha value is -2.44. The van der Waals surface area contributed by atoms with Crippen LogP contribution < -0.4 is 5.32 Å². The number of nitrogens with zero attached hydrogens (tertiary/aromatic N) is 1. The van der Waals surface area contributed by atoms with Crippen molar-refractivity contribution in [3.05, 3.63) is 68.7 Å². The first kappa shape index (κ1) is 15.9. The number of non-ortho nitro benzene ring substituents is 1. The fourth-order valence-corrected chi connectivity index (χ4v) is 2.20. The molecule has 1 N–H and O–H groups in total. The maximum atomic E-state index is 12.1. The van der Waals surface area contributed by atoms with Gasteiger partial charge in [-0.3, -0.25) is 19.7 Å². The molecule has 0 aromatic heterocycles. The van der Waals surface area contributed by atoms with E-state index in [4.69, 9.17) is 23.2 Å². The van der Waals surface area contributed by atoms with Crippen LogP contribution in [0.1, 0.15) is 20.7 Å². The van der Waals surface area contributed by atoms with Crippen molar-refractivity contribution in [3.63, 3.8) is 0 Å². The minimum Gasteiger partial charge on any atom is -0.321 e. The Morgan fingerprint density at radius 1 is 1.14 bits per heavy atom. The summed E-state index contributed by atoms with van der Waals surface area (Å²) in [5.41, 5.74) is 0.126. The number of carbonyl (C=O) groups excluding carboxylic acids is 2. The van der Waals surface area contributed by atoms with Crippen molar-refractivity contribution in [1.82, 2.24) is 0 Å². The minimum absolute atomic E-state index is 0.00119. The van der Waals surface area contributed by atoms with E-state index >= 15 is 0 Å². The second kappa shape index (κ2) is 6.55. The van der Waals surface area contributed by atoms with Crippen LogP contribution in [0.2, 0.25) is 5.02 Å². The third kappa shape index (κ3) is 3.41. The molecule has 0 saturated heterocycles. The summed E-state index contributed by atoms with van der Waals surface area (Å²) in [6.45, 7) is 0. The Morgan fingerprint density at radius 2 is 1.82 bits per heavy atom. The van der Waals surface area contributed by atoms with Gasteiger partial charge >= 0.3 is 0 Å². The molecule has 0 aliphatic heterocycles. The predicted molar refractivity (Wildman–Crippen MR) is 82.7 cm³/mol. The van der Waals surface area contributed by atoms with Crippen LogP contribution in [0.3, 0.4) is 0 Å². The second-order valence-electron chi connectivity index (χ2n) is 4.20. The van der Waals surface area contributed by atoms with Gasteiger partial charge in [0.1, 0.15) is 0 Å². The molecule has 8 heteroatoms. The van der Waals surface area contributed by atoms with Gasteiger partial charge in [0.25, 0.3) is 16.8 Å². The molecular weight excluding hydrogens is 331 g/mol. The molecule has 0 atom stereocenters. The van der Waals surface area contributed by atoms with E-state index in [1.54, 1.807) is 0 Å². The average Bonchev–Trinajstić information content (AvgIpc) is 2.49. The lowest BCUT2D eigenvalue weighted by atomic mass is 10.1. The maximum Gasteiger partial charge on any atom is 0.270 e. The topological polar surface area (TPSA) is 89.3 Å². The predicted octanol–water partition coefficient (Wildman–Crippen LogP) is 3.88. The summed E-state index contributed by atoms with van der Waals surface area (Å²) in [6, 6.07) is 9.64. The smallest absolute Gasteiger partial charge is 0.270 e. The summed E-state index contributed by atoms with van der Waals surface area (Å²) in [5.74, 6) is -0.593. The molecule has 0 bridgehead atoms. The van der Waals surface area contributed by atoms with Gasteiger partial charge in [-0.1, -0.05) is 23.7 Å². The Morgan fingerprint density at radius 3 is 2.45 bits per heavy atom. The van der Waals surface area contributed by atoms with Gasteiger partial charge in [0, 0.05) is 17.7 Å². The number of anilines is 1. The molecule has 0 heterocycles. The molecule has 0 spiro atoms. The molecular formula is C14H8Cl2N2O4. The zero-order valence-corrected chi connectivity index (χ0v) is 12.4. The van der Waals surface area contributed by atoms with Gasteiger partial charge < -0.3 is 5.32 Å². The third-order valence-electron chi connectivity index (χ3n) is 2.78. The Kier molecular flexibility index (Phi) is 4.75. The molecule has 2 aromatic carbocycles. The largest absolute Gasteiger partial charge is 0.321 e. The molecule has 0 aliphatic carbocycles. The molecule has 2 rings (SSSR count). The van der Waals surface area contributed by atoms with Crippen molar-refractivity contribution >= 4 is 45.7 Å². The van der Waals surface area contributed by atoms with Gasteiger partial charge in [0.15, 0.2) is 0 Å². The summed E-state index contributed by atoms with van der Waals surface area (Å²) in [6.07, 6.45) is 0. The Bertz CT molecular complexity index is 777. The van der Waals surface area contributed by atoms with Crippen molar-refractivity contribution in [2.75, 3.05) is 5.32 Å². The zero-order chi connectivity index (χ0) is 16.3. The van der Waals surface area contributed by atoms with E-state index in [-0.39, 0.29) is 27.5 Å². The first-order chi connectivity index (χ1) is 10.4. The molecule has 0 saturated carbocycles. The molecule has 1 amide bonds. The van der Waals surface area contributed by atoms with E-state index in [0.29, 0.717) is 0 Å². The number of benzene rings is 2. The quantitative estimate of drug-likeness (QED) is 0.520. The summed E-state index contributed by atoms with van der Waals surface area (Å²) in [7, 11) is 0. The zero-order valence-electron chi connectivity index (χ0n) is 10.9. The molecule has 6 nitrogen and oxygen atoms in total. The fourth-order valence-electron chi connectivity index (χ4n) is 1.74. The highest BCUT2D eigenvalue weighted by Crippen LogP contribution is 2.27. The van der Waals surface area contributed by atoms with Crippen molar-refractivity contribution < 1.29 is 14.5 Å². The average molecular weight is 339 g/mol. The van der Waals surface area contributed by atoms with Crippen LogP contribution >= 0.6 is 23.2 Å². The molecule has 112 valence electrons. The first-order valence-electron chi connectivity index (χ1n) is 5.94. The van der Waals surface area contributed by atoms with Crippen molar-refractivity contribution in [3.8, 4) is 0 Å². The van der Waals surface area contributed by atoms with Gasteiger partial charge in [-0.15, -0.1) is 0 Å². The van der Waals surface area contributed by atoms with Gasteiger partial charge in [-0.25, -0.2) is 0 Å². The fraction of sp³-hybridized carbons (Fsp3) is 0. The minimum atomic E-state index is -0.753. The van der Waals surface area contributed by atoms with E-state index in [1.165, 1.54) is 36.4 Å². The molecule has 0 aliphatic rings. The highest BCUT2D eigenvalue weighted by molar-refractivity contribution is 6.69. The van der Waals surface area contributed by atoms with Crippen LogP contribution in [-0.4, -0.2) is 16.1 Å². The maximum absolute atomic E-state index is 12.1. The van der Waals surface area contributed by atoms with E-state index in [1.807, 2.05) is 0 Å². The van der Waals surface area contributed by atoms with Crippen LogP contribution in [0.25, 0.3) is 0 Å². The molecule has 0 radical (unpaired) electrons. The summed E-state index contributed by atoms with van der Waals surface area (Å²) >= 11 is 11.4. The van der Waals surface area contributed by atoms with E-state index in [2.05, 4.69) is 5.32 Å². The standard InChI is InChI=1S/C14H8Cl2N2O4/c15-12-10(13(16)19)5-2-6-11(12)17-14(20)8-3-1-4-9(7-8)18(21)22/h1-7H,(H,17,20). The van der Waals surface area contributed by atoms with Crippen LogP contribution in [0.5, 0.6) is 0 Å². The SMILES string of the molecule is O=C(Nc1cccc(C(=O)Cl)c1Cl)c1cccc([N+](=O)[O-])c1. The van der Waals surface area contributed by atoms with Gasteiger partial charge in [-0.05, 0) is 29.8 Å². The Balaban J connectivity index is 2.30. The molecule has 22 heavy (non-hydrogen) atoms. The molecule has 0 unspecified atom stereocenters. The summed E-state index contributed by atoms with van der Waals surface area (Å²) < 4.78 is 0. The Labute approximate surface area is 134 Å².